The Kier molecular flexibility index (Phi) is 8.51. The van der Waals surface area contributed by atoms with Gasteiger partial charge in [0.25, 0.3) is 0 Å². The minimum atomic E-state index is -4.42. The molecular weight excluding hydrogens is 474 g/mol. The summed E-state index contributed by atoms with van der Waals surface area (Å²) in [6.07, 6.45) is -3.35. The van der Waals surface area contributed by atoms with Gasteiger partial charge in [0, 0.05) is 28.4 Å². The molecule has 0 fully saturated rings. The Bertz CT molecular complexity index is 1140. The first-order valence-electron chi connectivity index (χ1n) is 10.1. The first kappa shape index (κ1) is 25.5. The Labute approximate surface area is 197 Å². The number of benzene rings is 2. The molecule has 0 saturated carbocycles. The summed E-state index contributed by atoms with van der Waals surface area (Å²) >= 11 is 1.44. The number of aromatic nitrogens is 1. The molecule has 1 heterocycles. The lowest BCUT2D eigenvalue weighted by molar-refractivity contribution is -0.138. The van der Waals surface area contributed by atoms with Crippen LogP contribution in [-0.2, 0) is 32.8 Å². The van der Waals surface area contributed by atoms with E-state index in [-0.39, 0.29) is 6.61 Å². The van der Waals surface area contributed by atoms with E-state index in [9.17, 15) is 22.4 Å². The highest BCUT2D eigenvalue weighted by Gasteiger charge is 2.30. The van der Waals surface area contributed by atoms with Crippen LogP contribution >= 0.6 is 11.8 Å². The zero-order valence-corrected chi connectivity index (χ0v) is 19.1. The van der Waals surface area contributed by atoms with Crippen molar-refractivity contribution in [3.05, 3.63) is 76.7 Å². The van der Waals surface area contributed by atoms with Gasteiger partial charge >= 0.3 is 12.1 Å². The number of hydrogen-bond donors (Lipinski definition) is 0. The first-order valence-corrected chi connectivity index (χ1v) is 11.1. The fraction of sp³-hybridized carbons (Fsp3) is 0.250. The highest BCUT2D eigenvalue weighted by Crippen LogP contribution is 2.34. The van der Waals surface area contributed by atoms with Gasteiger partial charge in [-0.1, -0.05) is 29.4 Å². The minimum Gasteiger partial charge on any atom is -0.464 e. The number of carbonyl (C=O) groups is 1. The van der Waals surface area contributed by atoms with Crippen LogP contribution in [0.3, 0.4) is 0 Å². The number of hydrogen-bond acceptors (Lipinski definition) is 6. The van der Waals surface area contributed by atoms with Gasteiger partial charge in [0.1, 0.15) is 0 Å². The molecule has 0 N–H and O–H groups in total. The lowest BCUT2D eigenvalue weighted by Crippen LogP contribution is -2.04. The maximum absolute atomic E-state index is 13.6. The van der Waals surface area contributed by atoms with Gasteiger partial charge in [0.15, 0.2) is 5.76 Å². The van der Waals surface area contributed by atoms with Crippen LogP contribution in [0.1, 0.15) is 29.3 Å². The maximum atomic E-state index is 13.6. The second-order valence-electron chi connectivity index (χ2n) is 6.99. The number of esters is 1. The van der Waals surface area contributed by atoms with Crippen LogP contribution in [0.4, 0.5) is 17.6 Å². The van der Waals surface area contributed by atoms with Gasteiger partial charge in [-0.15, -0.1) is 11.8 Å². The van der Waals surface area contributed by atoms with E-state index in [1.807, 2.05) is 6.92 Å². The molecule has 10 heteroatoms. The largest absolute Gasteiger partial charge is 0.464 e. The molecule has 0 amide bonds. The highest BCUT2D eigenvalue weighted by molar-refractivity contribution is 7.98. The van der Waals surface area contributed by atoms with Crippen LogP contribution in [0.25, 0.3) is 17.4 Å². The van der Waals surface area contributed by atoms with Crippen molar-refractivity contribution in [1.29, 1.82) is 0 Å². The first-order chi connectivity index (χ1) is 16.2. The van der Waals surface area contributed by atoms with Crippen molar-refractivity contribution in [2.45, 2.75) is 30.4 Å². The summed E-state index contributed by atoms with van der Waals surface area (Å²) in [6, 6.07) is 11.5. The Balaban J connectivity index is 1.76. The Morgan fingerprint density at radius 1 is 1.12 bits per heavy atom. The molecule has 1 aromatic heterocycles. The standard InChI is InChI=1S/C24H21F4NO4S/c1-3-32-13-19-21(29-33-22(19)16-6-8-17(9-7-16)24(26,27)28)14-34-18-10-4-15(5-11-18)12-20(25)23(30)31-2/h4-12H,3,13-14H2,1-2H3/b20-12-. The molecule has 0 saturated heterocycles. The molecular formula is C24H21F4NO4S. The Morgan fingerprint density at radius 2 is 1.79 bits per heavy atom. The predicted octanol–water partition coefficient (Wildman–Crippen LogP) is 6.67. The second kappa shape index (κ2) is 11.3. The topological polar surface area (TPSA) is 61.6 Å². The van der Waals surface area contributed by atoms with Crippen LogP contribution in [0.15, 0.2) is 63.8 Å². The third-order valence-corrected chi connectivity index (χ3v) is 5.75. The number of ether oxygens (including phenoxy) is 2. The van der Waals surface area contributed by atoms with E-state index < -0.39 is 23.5 Å². The molecule has 0 aliphatic heterocycles. The van der Waals surface area contributed by atoms with E-state index in [1.54, 1.807) is 24.3 Å². The molecule has 3 aromatic rings. The summed E-state index contributed by atoms with van der Waals surface area (Å²) in [6.45, 7) is 2.48. The van der Waals surface area contributed by atoms with E-state index in [0.717, 1.165) is 30.2 Å². The van der Waals surface area contributed by atoms with Gasteiger partial charge in [-0.05, 0) is 42.8 Å². The molecule has 34 heavy (non-hydrogen) atoms. The molecule has 0 unspecified atom stereocenters. The van der Waals surface area contributed by atoms with E-state index in [1.165, 1.54) is 23.9 Å². The summed E-state index contributed by atoms with van der Waals surface area (Å²) in [5.74, 6) is -1.27. The fourth-order valence-corrected chi connectivity index (χ4v) is 3.82. The van der Waals surface area contributed by atoms with E-state index in [2.05, 4.69) is 9.89 Å². The smallest absolute Gasteiger partial charge is 0.416 e. The van der Waals surface area contributed by atoms with Gasteiger partial charge < -0.3 is 14.0 Å². The van der Waals surface area contributed by atoms with Gasteiger partial charge in [0.05, 0.1) is 25.0 Å². The lowest BCUT2D eigenvalue weighted by Gasteiger charge is -2.08. The van der Waals surface area contributed by atoms with Crippen LogP contribution in [0.2, 0.25) is 0 Å². The Morgan fingerprint density at radius 3 is 2.38 bits per heavy atom. The monoisotopic (exact) mass is 495 g/mol. The molecule has 180 valence electrons. The predicted molar refractivity (Wildman–Crippen MR) is 119 cm³/mol. The van der Waals surface area contributed by atoms with Crippen molar-refractivity contribution in [1.82, 2.24) is 5.16 Å². The normalized spacial score (nSPS) is 12.1. The highest BCUT2D eigenvalue weighted by atomic mass is 32.2. The van der Waals surface area contributed by atoms with Crippen LogP contribution in [0.5, 0.6) is 0 Å². The number of halogens is 4. The minimum absolute atomic E-state index is 0.197. The number of carbonyl (C=O) groups excluding carboxylic acids is 1. The molecule has 0 atom stereocenters. The molecule has 0 radical (unpaired) electrons. The average molecular weight is 495 g/mol. The third kappa shape index (κ3) is 6.48. The second-order valence-corrected chi connectivity index (χ2v) is 8.04. The number of methoxy groups -OCH3 is 1. The molecule has 2 aromatic carbocycles. The van der Waals surface area contributed by atoms with Gasteiger partial charge in [-0.2, -0.15) is 17.6 Å². The van der Waals surface area contributed by atoms with Crippen LogP contribution in [-0.4, -0.2) is 24.8 Å². The number of rotatable bonds is 9. The van der Waals surface area contributed by atoms with E-state index >= 15 is 0 Å². The van der Waals surface area contributed by atoms with Crippen LogP contribution < -0.4 is 0 Å². The van der Waals surface area contributed by atoms with Crippen molar-refractivity contribution in [2.75, 3.05) is 13.7 Å². The fourth-order valence-electron chi connectivity index (χ4n) is 2.96. The van der Waals surface area contributed by atoms with Crippen molar-refractivity contribution < 1.29 is 36.4 Å². The molecule has 0 aliphatic carbocycles. The summed E-state index contributed by atoms with van der Waals surface area (Å²) in [7, 11) is 1.10. The van der Waals surface area contributed by atoms with Crippen molar-refractivity contribution >= 4 is 23.8 Å². The summed E-state index contributed by atoms with van der Waals surface area (Å²) in [5, 5.41) is 4.11. The Hall–Kier alpha value is -3.11. The summed E-state index contributed by atoms with van der Waals surface area (Å²) < 4.78 is 67.6. The average Bonchev–Trinajstić information content (AvgIpc) is 3.23. The van der Waals surface area contributed by atoms with Gasteiger partial charge in [0.2, 0.25) is 5.83 Å². The van der Waals surface area contributed by atoms with E-state index in [0.29, 0.717) is 40.5 Å². The molecule has 0 spiro atoms. The lowest BCUT2D eigenvalue weighted by atomic mass is 10.1. The van der Waals surface area contributed by atoms with Crippen molar-refractivity contribution in [2.24, 2.45) is 0 Å². The molecule has 0 aliphatic rings. The zero-order valence-electron chi connectivity index (χ0n) is 18.3. The van der Waals surface area contributed by atoms with E-state index in [4.69, 9.17) is 9.26 Å². The quantitative estimate of drug-likeness (QED) is 0.143. The number of nitrogens with zero attached hydrogens (tertiary/aromatic N) is 1. The number of alkyl halides is 3. The molecule has 0 bridgehead atoms. The SMILES string of the molecule is CCOCc1c(CSc2ccc(/C=C(\F)C(=O)OC)cc2)noc1-c1ccc(C(F)(F)F)cc1. The summed E-state index contributed by atoms with van der Waals surface area (Å²) in [5.41, 5.74) is 1.48. The van der Waals surface area contributed by atoms with Crippen LogP contribution in [0, 0.1) is 0 Å². The summed E-state index contributed by atoms with van der Waals surface area (Å²) in [4.78, 5) is 12.0. The maximum Gasteiger partial charge on any atom is 0.416 e. The molecule has 5 nitrogen and oxygen atoms in total. The van der Waals surface area contributed by atoms with Crippen molar-refractivity contribution in [3.63, 3.8) is 0 Å². The zero-order chi connectivity index (χ0) is 24.7. The molecule has 3 rings (SSSR count). The third-order valence-electron chi connectivity index (χ3n) is 4.72. The van der Waals surface area contributed by atoms with Gasteiger partial charge in [-0.3, -0.25) is 0 Å². The number of thioether (sulfide) groups is 1. The van der Waals surface area contributed by atoms with Gasteiger partial charge in [-0.25, -0.2) is 4.79 Å². The van der Waals surface area contributed by atoms with Crippen molar-refractivity contribution in [3.8, 4) is 11.3 Å².